The molecule has 2 N–H and O–H groups in total. The maximum Gasteiger partial charge on any atom is 0.243 e. The molecule has 0 radical (unpaired) electrons. The summed E-state index contributed by atoms with van der Waals surface area (Å²) in [5.41, 5.74) is 1.23. The summed E-state index contributed by atoms with van der Waals surface area (Å²) in [5.74, 6) is 0.930. The summed E-state index contributed by atoms with van der Waals surface area (Å²) in [4.78, 5) is 12.1. The molecule has 0 fully saturated rings. The van der Waals surface area contributed by atoms with E-state index in [0.717, 1.165) is 0 Å². The van der Waals surface area contributed by atoms with Crippen LogP contribution in [0.1, 0.15) is 0 Å². The van der Waals surface area contributed by atoms with Crippen LogP contribution in [0.5, 0.6) is 11.5 Å². The Balaban J connectivity index is 1.99. The number of hydrogen-bond donors (Lipinski definition) is 2. The van der Waals surface area contributed by atoms with Gasteiger partial charge in [0.2, 0.25) is 5.91 Å². The van der Waals surface area contributed by atoms with Crippen LogP contribution in [0.2, 0.25) is 10.0 Å². The fourth-order valence-corrected chi connectivity index (χ4v) is 2.46. The Labute approximate surface area is 144 Å². The Kier molecular flexibility index (Phi) is 5.96. The molecule has 0 aliphatic heterocycles. The Hall–Kier alpha value is -2.11. The average molecular weight is 355 g/mol. The highest BCUT2D eigenvalue weighted by atomic mass is 35.5. The number of nitrogens with one attached hydrogen (secondary N) is 2. The van der Waals surface area contributed by atoms with Crippen molar-refractivity contribution in [3.8, 4) is 11.5 Å². The summed E-state index contributed by atoms with van der Waals surface area (Å²) in [5, 5.41) is 6.72. The molecule has 2 aromatic rings. The van der Waals surface area contributed by atoms with Gasteiger partial charge in [0.15, 0.2) is 0 Å². The number of amides is 1. The van der Waals surface area contributed by atoms with Crippen molar-refractivity contribution in [2.75, 3.05) is 31.4 Å². The third-order valence-electron chi connectivity index (χ3n) is 3.00. The quantitative estimate of drug-likeness (QED) is 0.820. The van der Waals surface area contributed by atoms with Crippen LogP contribution in [0.15, 0.2) is 36.4 Å². The van der Waals surface area contributed by atoms with Crippen molar-refractivity contribution in [3.63, 3.8) is 0 Å². The Morgan fingerprint density at radius 2 is 1.74 bits per heavy atom. The monoisotopic (exact) mass is 354 g/mol. The summed E-state index contributed by atoms with van der Waals surface area (Å²) in [6, 6.07) is 10.1. The predicted octanol–water partition coefficient (Wildman–Crippen LogP) is 4.06. The van der Waals surface area contributed by atoms with Gasteiger partial charge < -0.3 is 20.1 Å². The lowest BCUT2D eigenvalue weighted by molar-refractivity contribution is -0.114. The number of hydrogen-bond acceptors (Lipinski definition) is 4. The zero-order valence-electron chi connectivity index (χ0n) is 12.7. The first kappa shape index (κ1) is 17.2. The predicted molar refractivity (Wildman–Crippen MR) is 93.1 cm³/mol. The van der Waals surface area contributed by atoms with Gasteiger partial charge in [-0.25, -0.2) is 0 Å². The van der Waals surface area contributed by atoms with Crippen molar-refractivity contribution in [1.82, 2.24) is 0 Å². The van der Waals surface area contributed by atoms with E-state index in [-0.39, 0.29) is 12.5 Å². The van der Waals surface area contributed by atoms with Gasteiger partial charge in [-0.15, -0.1) is 0 Å². The Bertz CT molecular complexity index is 687. The number of halogens is 2. The number of methoxy groups -OCH3 is 2. The zero-order valence-corrected chi connectivity index (χ0v) is 14.2. The number of carbonyl (C=O) groups excluding carboxylic acids is 1. The van der Waals surface area contributed by atoms with Gasteiger partial charge in [-0.1, -0.05) is 23.2 Å². The summed E-state index contributed by atoms with van der Waals surface area (Å²) >= 11 is 11.8. The lowest BCUT2D eigenvalue weighted by Gasteiger charge is -2.12. The molecule has 2 aromatic carbocycles. The fourth-order valence-electron chi connectivity index (χ4n) is 1.93. The molecule has 122 valence electrons. The second-order valence-electron chi connectivity index (χ2n) is 4.63. The van der Waals surface area contributed by atoms with E-state index >= 15 is 0 Å². The van der Waals surface area contributed by atoms with Crippen LogP contribution in [0.3, 0.4) is 0 Å². The number of rotatable bonds is 6. The summed E-state index contributed by atoms with van der Waals surface area (Å²) < 4.78 is 10.3. The van der Waals surface area contributed by atoms with Gasteiger partial charge in [0, 0.05) is 21.8 Å². The van der Waals surface area contributed by atoms with Crippen LogP contribution in [-0.2, 0) is 4.79 Å². The molecular weight excluding hydrogens is 339 g/mol. The third-order valence-corrected chi connectivity index (χ3v) is 3.43. The van der Waals surface area contributed by atoms with Crippen molar-refractivity contribution >= 4 is 40.5 Å². The van der Waals surface area contributed by atoms with Gasteiger partial charge in [0.05, 0.1) is 26.5 Å². The molecule has 0 atom stereocenters. The van der Waals surface area contributed by atoms with Crippen molar-refractivity contribution in [2.24, 2.45) is 0 Å². The lowest BCUT2D eigenvalue weighted by Crippen LogP contribution is -2.22. The number of carbonyl (C=O) groups is 1. The minimum atomic E-state index is -0.232. The van der Waals surface area contributed by atoms with Gasteiger partial charge in [0.25, 0.3) is 0 Å². The van der Waals surface area contributed by atoms with Crippen LogP contribution < -0.4 is 20.1 Å². The van der Waals surface area contributed by atoms with Crippen LogP contribution in [-0.4, -0.2) is 26.7 Å². The van der Waals surface area contributed by atoms with E-state index in [4.69, 9.17) is 32.7 Å². The fraction of sp³-hybridized carbons (Fsp3) is 0.188. The molecule has 2 rings (SSSR count). The number of anilines is 2. The molecule has 23 heavy (non-hydrogen) atoms. The summed E-state index contributed by atoms with van der Waals surface area (Å²) in [6.45, 7) is 0.0614. The Morgan fingerprint density at radius 3 is 2.35 bits per heavy atom. The van der Waals surface area contributed by atoms with E-state index in [9.17, 15) is 4.79 Å². The second kappa shape index (κ2) is 7.94. The van der Waals surface area contributed by atoms with Crippen LogP contribution in [0, 0.1) is 0 Å². The molecule has 0 saturated carbocycles. The molecule has 0 aliphatic carbocycles. The van der Waals surface area contributed by atoms with Gasteiger partial charge >= 0.3 is 0 Å². The van der Waals surface area contributed by atoms with E-state index in [2.05, 4.69) is 10.6 Å². The first-order chi connectivity index (χ1) is 11.0. The average Bonchev–Trinajstić information content (AvgIpc) is 2.52. The minimum absolute atomic E-state index is 0.0614. The maximum atomic E-state index is 12.1. The van der Waals surface area contributed by atoms with E-state index in [1.54, 1.807) is 43.5 Å². The number of ether oxygens (including phenoxy) is 2. The molecule has 1 amide bonds. The molecule has 5 nitrogen and oxygen atoms in total. The van der Waals surface area contributed by atoms with E-state index in [0.29, 0.717) is 32.9 Å². The first-order valence-electron chi connectivity index (χ1n) is 6.73. The van der Waals surface area contributed by atoms with Crippen molar-refractivity contribution in [2.45, 2.75) is 0 Å². The third kappa shape index (κ3) is 4.94. The molecule has 0 heterocycles. The van der Waals surface area contributed by atoms with Crippen molar-refractivity contribution < 1.29 is 14.3 Å². The largest absolute Gasteiger partial charge is 0.497 e. The molecule has 0 aliphatic rings. The van der Waals surface area contributed by atoms with E-state index < -0.39 is 0 Å². The zero-order chi connectivity index (χ0) is 16.8. The van der Waals surface area contributed by atoms with Gasteiger partial charge in [-0.2, -0.15) is 0 Å². The highest BCUT2D eigenvalue weighted by Crippen LogP contribution is 2.29. The molecule has 7 heteroatoms. The topological polar surface area (TPSA) is 59.6 Å². The van der Waals surface area contributed by atoms with Crippen molar-refractivity contribution in [3.05, 3.63) is 46.4 Å². The maximum absolute atomic E-state index is 12.1. The number of benzene rings is 2. The Morgan fingerprint density at radius 1 is 1.04 bits per heavy atom. The summed E-state index contributed by atoms with van der Waals surface area (Å²) in [6.07, 6.45) is 0. The van der Waals surface area contributed by atoms with Crippen LogP contribution >= 0.6 is 23.2 Å². The second-order valence-corrected chi connectivity index (χ2v) is 5.50. The normalized spacial score (nSPS) is 10.1. The molecule has 0 unspecified atom stereocenters. The standard InChI is InChI=1S/C16H16Cl2N2O3/c1-22-13-3-4-14(15(8-13)23-2)20-16(21)9-19-12-6-10(17)5-11(18)7-12/h3-8,19H,9H2,1-2H3,(H,20,21). The van der Waals surface area contributed by atoms with E-state index in [1.807, 2.05) is 0 Å². The molecule has 0 aromatic heterocycles. The van der Waals surface area contributed by atoms with Gasteiger partial charge in [-0.3, -0.25) is 4.79 Å². The van der Waals surface area contributed by atoms with Gasteiger partial charge in [0.1, 0.15) is 11.5 Å². The molecule has 0 spiro atoms. The van der Waals surface area contributed by atoms with Crippen LogP contribution in [0.4, 0.5) is 11.4 Å². The van der Waals surface area contributed by atoms with E-state index in [1.165, 1.54) is 7.11 Å². The highest BCUT2D eigenvalue weighted by molar-refractivity contribution is 6.35. The summed E-state index contributed by atoms with van der Waals surface area (Å²) in [7, 11) is 3.09. The molecule has 0 saturated heterocycles. The van der Waals surface area contributed by atoms with Crippen LogP contribution in [0.25, 0.3) is 0 Å². The minimum Gasteiger partial charge on any atom is -0.497 e. The first-order valence-corrected chi connectivity index (χ1v) is 7.49. The van der Waals surface area contributed by atoms with Crippen molar-refractivity contribution in [1.29, 1.82) is 0 Å². The SMILES string of the molecule is COc1ccc(NC(=O)CNc2cc(Cl)cc(Cl)c2)c(OC)c1. The molecule has 0 bridgehead atoms. The van der Waals surface area contributed by atoms with Gasteiger partial charge in [-0.05, 0) is 30.3 Å². The highest BCUT2D eigenvalue weighted by Gasteiger charge is 2.09. The smallest absolute Gasteiger partial charge is 0.243 e. The molecular formula is C16H16Cl2N2O3. The lowest BCUT2D eigenvalue weighted by atomic mass is 10.2.